The minimum Gasteiger partial charge on any atom is -0.366 e. The summed E-state index contributed by atoms with van der Waals surface area (Å²) in [5.41, 5.74) is 1.14. The third-order valence-electron chi connectivity index (χ3n) is 2.01. The Balaban J connectivity index is 2.51. The summed E-state index contributed by atoms with van der Waals surface area (Å²) in [4.78, 5) is 0. The second-order valence-corrected chi connectivity index (χ2v) is 4.29. The lowest BCUT2D eigenvalue weighted by molar-refractivity contribution is 0.538. The van der Waals surface area contributed by atoms with E-state index in [1.165, 1.54) is 0 Å². The Kier molecular flexibility index (Phi) is 3.86. The van der Waals surface area contributed by atoms with Gasteiger partial charge < -0.3 is 5.32 Å². The average Bonchev–Trinajstić information content (AvgIpc) is 2.01. The zero-order valence-corrected chi connectivity index (χ0v) is 9.41. The van der Waals surface area contributed by atoms with Gasteiger partial charge in [0.05, 0.1) is 6.20 Å². The third-order valence-corrected chi connectivity index (χ3v) is 2.01. The summed E-state index contributed by atoms with van der Waals surface area (Å²) in [5, 5.41) is 11.3. The molecule has 0 bridgehead atoms. The standard InChI is InChI=1S/C11H19N3/c1-8(2)5-10(4)13-11-6-9(3)7-12-14-11/h6-8,10H,5H2,1-4H3,(H,13,14). The van der Waals surface area contributed by atoms with Crippen molar-refractivity contribution in [3.05, 3.63) is 17.8 Å². The first-order valence-corrected chi connectivity index (χ1v) is 5.14. The molecule has 0 saturated heterocycles. The highest BCUT2D eigenvalue weighted by molar-refractivity contribution is 5.35. The van der Waals surface area contributed by atoms with Gasteiger partial charge in [-0.1, -0.05) is 13.8 Å². The Hall–Kier alpha value is -1.12. The van der Waals surface area contributed by atoms with Crippen LogP contribution in [0.2, 0.25) is 0 Å². The first-order valence-electron chi connectivity index (χ1n) is 5.14. The lowest BCUT2D eigenvalue weighted by Crippen LogP contribution is -2.18. The van der Waals surface area contributed by atoms with E-state index in [1.54, 1.807) is 6.20 Å². The van der Waals surface area contributed by atoms with E-state index in [0.29, 0.717) is 12.0 Å². The SMILES string of the molecule is Cc1cnnc(NC(C)CC(C)C)c1. The second kappa shape index (κ2) is 4.94. The van der Waals surface area contributed by atoms with Crippen molar-refractivity contribution in [2.24, 2.45) is 5.92 Å². The van der Waals surface area contributed by atoms with Gasteiger partial charge in [-0.2, -0.15) is 5.10 Å². The van der Waals surface area contributed by atoms with Crippen LogP contribution in [0.1, 0.15) is 32.8 Å². The van der Waals surface area contributed by atoms with Gasteiger partial charge in [0.2, 0.25) is 0 Å². The van der Waals surface area contributed by atoms with Crippen LogP contribution >= 0.6 is 0 Å². The number of rotatable bonds is 4. The fourth-order valence-corrected chi connectivity index (χ4v) is 1.55. The lowest BCUT2D eigenvalue weighted by Gasteiger charge is -2.16. The maximum absolute atomic E-state index is 4.03. The molecular weight excluding hydrogens is 174 g/mol. The van der Waals surface area contributed by atoms with Gasteiger partial charge in [0.15, 0.2) is 0 Å². The molecule has 1 N–H and O–H groups in total. The molecule has 14 heavy (non-hydrogen) atoms. The van der Waals surface area contributed by atoms with Crippen LogP contribution in [0, 0.1) is 12.8 Å². The molecule has 0 aliphatic heterocycles. The van der Waals surface area contributed by atoms with Crippen molar-refractivity contribution in [1.29, 1.82) is 0 Å². The van der Waals surface area contributed by atoms with Crippen molar-refractivity contribution in [2.45, 2.75) is 40.2 Å². The largest absolute Gasteiger partial charge is 0.366 e. The lowest BCUT2D eigenvalue weighted by atomic mass is 10.1. The molecule has 1 heterocycles. The zero-order chi connectivity index (χ0) is 10.6. The van der Waals surface area contributed by atoms with Crippen molar-refractivity contribution in [3.63, 3.8) is 0 Å². The van der Waals surface area contributed by atoms with Crippen molar-refractivity contribution in [1.82, 2.24) is 10.2 Å². The van der Waals surface area contributed by atoms with Crippen molar-refractivity contribution in [3.8, 4) is 0 Å². The quantitative estimate of drug-likeness (QED) is 0.798. The van der Waals surface area contributed by atoms with Gasteiger partial charge in [-0.25, -0.2) is 0 Å². The molecule has 1 aromatic heterocycles. The molecule has 78 valence electrons. The Bertz CT molecular complexity index is 284. The van der Waals surface area contributed by atoms with Crippen LogP contribution in [0.15, 0.2) is 12.3 Å². The van der Waals surface area contributed by atoms with E-state index >= 15 is 0 Å². The van der Waals surface area contributed by atoms with Crippen molar-refractivity contribution < 1.29 is 0 Å². The summed E-state index contributed by atoms with van der Waals surface area (Å²) in [6, 6.07) is 2.47. The number of nitrogens with zero attached hydrogens (tertiary/aromatic N) is 2. The zero-order valence-electron chi connectivity index (χ0n) is 9.41. The van der Waals surface area contributed by atoms with E-state index in [0.717, 1.165) is 17.8 Å². The van der Waals surface area contributed by atoms with Crippen molar-refractivity contribution in [2.75, 3.05) is 5.32 Å². The van der Waals surface area contributed by atoms with Gasteiger partial charge in [0.25, 0.3) is 0 Å². The molecule has 0 aliphatic rings. The fraction of sp³-hybridized carbons (Fsp3) is 0.636. The molecule has 1 aromatic rings. The Morgan fingerprint density at radius 1 is 1.36 bits per heavy atom. The highest BCUT2D eigenvalue weighted by Crippen LogP contribution is 2.10. The van der Waals surface area contributed by atoms with Crippen molar-refractivity contribution >= 4 is 5.82 Å². The van der Waals surface area contributed by atoms with Gasteiger partial charge in [-0.05, 0) is 37.8 Å². The molecule has 0 spiro atoms. The van der Waals surface area contributed by atoms with Crippen LogP contribution < -0.4 is 5.32 Å². The summed E-state index contributed by atoms with van der Waals surface area (Å²) in [6.45, 7) is 8.64. The van der Waals surface area contributed by atoms with Crippen LogP contribution in [0.5, 0.6) is 0 Å². The van der Waals surface area contributed by atoms with Gasteiger partial charge in [0.1, 0.15) is 5.82 Å². The van der Waals surface area contributed by atoms with E-state index in [4.69, 9.17) is 0 Å². The molecule has 1 rings (SSSR count). The maximum atomic E-state index is 4.03. The second-order valence-electron chi connectivity index (χ2n) is 4.29. The summed E-state index contributed by atoms with van der Waals surface area (Å²) in [7, 11) is 0. The van der Waals surface area contributed by atoms with E-state index < -0.39 is 0 Å². The number of aromatic nitrogens is 2. The molecule has 0 saturated carbocycles. The summed E-state index contributed by atoms with van der Waals surface area (Å²) >= 11 is 0. The van der Waals surface area contributed by atoms with Crippen LogP contribution in [0.3, 0.4) is 0 Å². The fourth-order valence-electron chi connectivity index (χ4n) is 1.55. The highest BCUT2D eigenvalue weighted by Gasteiger charge is 2.05. The average molecular weight is 193 g/mol. The first kappa shape index (κ1) is 11.0. The molecule has 1 unspecified atom stereocenters. The predicted octanol–water partition coefficient (Wildman–Crippen LogP) is 2.63. The van der Waals surface area contributed by atoms with E-state index in [9.17, 15) is 0 Å². The Morgan fingerprint density at radius 2 is 2.07 bits per heavy atom. The number of anilines is 1. The molecule has 0 aromatic carbocycles. The number of hydrogen-bond donors (Lipinski definition) is 1. The topological polar surface area (TPSA) is 37.8 Å². The number of hydrogen-bond acceptors (Lipinski definition) is 3. The van der Waals surface area contributed by atoms with Gasteiger partial charge >= 0.3 is 0 Å². The van der Waals surface area contributed by atoms with Crippen LogP contribution in [-0.2, 0) is 0 Å². The molecule has 0 fully saturated rings. The third kappa shape index (κ3) is 3.73. The summed E-state index contributed by atoms with van der Waals surface area (Å²) in [6.07, 6.45) is 2.91. The van der Waals surface area contributed by atoms with Crippen LogP contribution in [0.4, 0.5) is 5.82 Å². The minimum atomic E-state index is 0.450. The van der Waals surface area contributed by atoms with E-state index in [-0.39, 0.29) is 0 Å². The summed E-state index contributed by atoms with van der Waals surface area (Å²) < 4.78 is 0. The van der Waals surface area contributed by atoms with E-state index in [1.807, 2.05) is 13.0 Å². The normalized spacial score (nSPS) is 12.9. The first-order chi connectivity index (χ1) is 6.58. The molecular formula is C11H19N3. The van der Waals surface area contributed by atoms with Crippen LogP contribution in [-0.4, -0.2) is 16.2 Å². The monoisotopic (exact) mass is 193 g/mol. The van der Waals surface area contributed by atoms with E-state index in [2.05, 4.69) is 36.3 Å². The smallest absolute Gasteiger partial charge is 0.149 e. The number of aryl methyl sites for hydroxylation is 1. The minimum absolute atomic E-state index is 0.450. The molecule has 0 amide bonds. The molecule has 0 radical (unpaired) electrons. The molecule has 3 heteroatoms. The highest BCUT2D eigenvalue weighted by atomic mass is 15.2. The molecule has 0 aliphatic carbocycles. The molecule has 1 atom stereocenters. The maximum Gasteiger partial charge on any atom is 0.149 e. The molecule has 3 nitrogen and oxygen atoms in total. The van der Waals surface area contributed by atoms with Gasteiger partial charge in [-0.15, -0.1) is 5.10 Å². The van der Waals surface area contributed by atoms with Gasteiger partial charge in [-0.3, -0.25) is 0 Å². The van der Waals surface area contributed by atoms with Gasteiger partial charge in [0, 0.05) is 6.04 Å². The number of nitrogens with one attached hydrogen (secondary N) is 1. The van der Waals surface area contributed by atoms with Crippen LogP contribution in [0.25, 0.3) is 0 Å². The predicted molar refractivity (Wildman–Crippen MR) is 59.3 cm³/mol. The summed E-state index contributed by atoms with van der Waals surface area (Å²) in [5.74, 6) is 1.58. The Morgan fingerprint density at radius 3 is 2.64 bits per heavy atom. The Labute approximate surface area is 85.9 Å².